The van der Waals surface area contributed by atoms with Gasteiger partial charge in [-0.2, -0.15) is 0 Å². The van der Waals surface area contributed by atoms with Crippen LogP contribution >= 0.6 is 0 Å². The van der Waals surface area contributed by atoms with Crippen LogP contribution in [0, 0.1) is 0 Å². The van der Waals surface area contributed by atoms with E-state index in [1.807, 2.05) is 12.1 Å². The lowest BCUT2D eigenvalue weighted by molar-refractivity contribution is 0.170. The van der Waals surface area contributed by atoms with Gasteiger partial charge < -0.3 is 15.2 Å². The van der Waals surface area contributed by atoms with Gasteiger partial charge in [0, 0.05) is 0 Å². The molecule has 0 unspecified atom stereocenters. The summed E-state index contributed by atoms with van der Waals surface area (Å²) >= 11 is 0. The van der Waals surface area contributed by atoms with Crippen LogP contribution in [0.4, 0.5) is 0 Å². The van der Waals surface area contributed by atoms with Gasteiger partial charge in [0.2, 0.25) is 0 Å². The quantitative estimate of drug-likeness (QED) is 0.771. The fourth-order valence-corrected chi connectivity index (χ4v) is 2.14. The van der Waals surface area contributed by atoms with E-state index in [1.165, 1.54) is 24.8 Å². The molecule has 3 heteroatoms. The third kappa shape index (κ3) is 3.37. The molecule has 17 heavy (non-hydrogen) atoms. The molecule has 1 aliphatic heterocycles. The number of aryl methyl sites for hydroxylation is 1. The second-order valence-electron chi connectivity index (χ2n) is 4.39. The molecule has 0 aromatic heterocycles. The third-order valence-corrected chi connectivity index (χ3v) is 3.05. The van der Waals surface area contributed by atoms with Crippen molar-refractivity contribution in [1.29, 1.82) is 0 Å². The highest BCUT2D eigenvalue weighted by atomic mass is 16.6. The number of rotatable bonds is 6. The van der Waals surface area contributed by atoms with Crippen LogP contribution in [0.15, 0.2) is 18.2 Å². The first kappa shape index (κ1) is 12.2. The molecule has 0 fully saturated rings. The van der Waals surface area contributed by atoms with Gasteiger partial charge in [0.1, 0.15) is 13.2 Å². The van der Waals surface area contributed by atoms with Crippen LogP contribution in [0.1, 0.15) is 31.2 Å². The number of nitrogens with two attached hydrogens (primary N) is 1. The van der Waals surface area contributed by atoms with E-state index in [0.717, 1.165) is 30.9 Å². The van der Waals surface area contributed by atoms with Crippen LogP contribution in [0.2, 0.25) is 0 Å². The Balaban J connectivity index is 1.87. The first-order chi connectivity index (χ1) is 8.42. The summed E-state index contributed by atoms with van der Waals surface area (Å²) in [5.41, 5.74) is 6.75. The molecule has 0 saturated heterocycles. The smallest absolute Gasteiger partial charge is 0.164 e. The van der Waals surface area contributed by atoms with Crippen molar-refractivity contribution >= 4 is 0 Å². The zero-order valence-corrected chi connectivity index (χ0v) is 10.3. The Labute approximate surface area is 103 Å². The molecule has 0 aliphatic carbocycles. The van der Waals surface area contributed by atoms with Gasteiger partial charge in [-0.15, -0.1) is 0 Å². The van der Waals surface area contributed by atoms with E-state index in [1.54, 1.807) is 0 Å². The topological polar surface area (TPSA) is 44.5 Å². The van der Waals surface area contributed by atoms with Crippen molar-refractivity contribution in [2.24, 2.45) is 5.73 Å². The number of ether oxygens (including phenoxy) is 2. The molecule has 3 nitrogen and oxygen atoms in total. The minimum Gasteiger partial charge on any atom is -0.486 e. The van der Waals surface area contributed by atoms with E-state index in [-0.39, 0.29) is 0 Å². The number of hydrogen-bond acceptors (Lipinski definition) is 3. The van der Waals surface area contributed by atoms with Crippen LogP contribution in [-0.4, -0.2) is 19.8 Å². The SMILES string of the molecule is NCCCCCCc1cccc2c1OCCO2. The average molecular weight is 235 g/mol. The van der Waals surface area contributed by atoms with Crippen molar-refractivity contribution in [3.63, 3.8) is 0 Å². The maximum absolute atomic E-state index is 5.69. The molecule has 2 rings (SSSR count). The zero-order valence-electron chi connectivity index (χ0n) is 10.3. The highest BCUT2D eigenvalue weighted by molar-refractivity contribution is 5.47. The molecular weight excluding hydrogens is 214 g/mol. The summed E-state index contributed by atoms with van der Waals surface area (Å²) in [7, 11) is 0. The van der Waals surface area contributed by atoms with Crippen molar-refractivity contribution in [1.82, 2.24) is 0 Å². The third-order valence-electron chi connectivity index (χ3n) is 3.05. The van der Waals surface area contributed by atoms with Crippen molar-refractivity contribution in [2.45, 2.75) is 32.1 Å². The van der Waals surface area contributed by atoms with E-state index in [2.05, 4.69) is 6.07 Å². The number of unbranched alkanes of at least 4 members (excludes halogenated alkanes) is 3. The second-order valence-corrected chi connectivity index (χ2v) is 4.39. The zero-order chi connectivity index (χ0) is 11.9. The van der Waals surface area contributed by atoms with Crippen LogP contribution in [0.5, 0.6) is 11.5 Å². The predicted octanol–water partition coefficient (Wildman–Crippen LogP) is 2.52. The maximum atomic E-state index is 5.69. The largest absolute Gasteiger partial charge is 0.486 e. The monoisotopic (exact) mass is 235 g/mol. The first-order valence-corrected chi connectivity index (χ1v) is 6.49. The van der Waals surface area contributed by atoms with Gasteiger partial charge in [0.15, 0.2) is 11.5 Å². The molecule has 94 valence electrons. The summed E-state index contributed by atoms with van der Waals surface area (Å²) in [5.74, 6) is 1.85. The van der Waals surface area contributed by atoms with Crippen LogP contribution in [0.3, 0.4) is 0 Å². The molecule has 0 saturated carbocycles. The number of fused-ring (bicyclic) bond motifs is 1. The molecule has 0 atom stereocenters. The molecule has 1 aromatic carbocycles. The van der Waals surface area contributed by atoms with Gasteiger partial charge in [-0.1, -0.05) is 25.0 Å². The molecule has 1 heterocycles. The standard InChI is InChI=1S/C14H21NO2/c15-9-4-2-1-3-6-12-7-5-8-13-14(12)17-11-10-16-13/h5,7-8H,1-4,6,9-11,15H2. The molecule has 0 amide bonds. The number of para-hydroxylation sites is 1. The second kappa shape index (κ2) is 6.50. The summed E-state index contributed by atoms with van der Waals surface area (Å²) < 4.78 is 11.3. The Kier molecular flexibility index (Phi) is 4.68. The van der Waals surface area contributed by atoms with Gasteiger partial charge in [-0.25, -0.2) is 0 Å². The molecular formula is C14H21NO2. The maximum Gasteiger partial charge on any atom is 0.164 e. The fourth-order valence-electron chi connectivity index (χ4n) is 2.14. The Morgan fingerprint density at radius 2 is 1.82 bits per heavy atom. The van der Waals surface area contributed by atoms with Crippen LogP contribution in [0.25, 0.3) is 0 Å². The molecule has 0 bridgehead atoms. The van der Waals surface area contributed by atoms with E-state index in [4.69, 9.17) is 15.2 Å². The van der Waals surface area contributed by atoms with Gasteiger partial charge in [-0.05, 0) is 37.4 Å². The molecule has 1 aromatic rings. The Morgan fingerprint density at radius 1 is 1.00 bits per heavy atom. The molecule has 0 radical (unpaired) electrons. The summed E-state index contributed by atoms with van der Waals surface area (Å²) in [6.07, 6.45) is 5.86. The van der Waals surface area contributed by atoms with Crippen LogP contribution < -0.4 is 15.2 Å². The predicted molar refractivity (Wildman–Crippen MR) is 68.7 cm³/mol. The summed E-state index contributed by atoms with van der Waals surface area (Å²) in [5, 5.41) is 0. The lowest BCUT2D eigenvalue weighted by Crippen LogP contribution is -2.16. The van der Waals surface area contributed by atoms with E-state index >= 15 is 0 Å². The first-order valence-electron chi connectivity index (χ1n) is 6.49. The van der Waals surface area contributed by atoms with E-state index in [9.17, 15) is 0 Å². The summed E-state index contributed by atoms with van der Waals surface area (Å²) in [6.45, 7) is 2.13. The summed E-state index contributed by atoms with van der Waals surface area (Å²) in [4.78, 5) is 0. The van der Waals surface area contributed by atoms with E-state index in [0.29, 0.717) is 13.2 Å². The van der Waals surface area contributed by atoms with E-state index < -0.39 is 0 Å². The average Bonchev–Trinajstić information content (AvgIpc) is 2.39. The molecule has 1 aliphatic rings. The minimum absolute atomic E-state index is 0.660. The Hall–Kier alpha value is -1.22. The van der Waals surface area contributed by atoms with Crippen molar-refractivity contribution < 1.29 is 9.47 Å². The van der Waals surface area contributed by atoms with Crippen molar-refractivity contribution in [3.8, 4) is 11.5 Å². The van der Waals surface area contributed by atoms with Gasteiger partial charge >= 0.3 is 0 Å². The van der Waals surface area contributed by atoms with Gasteiger partial charge in [-0.3, -0.25) is 0 Å². The lowest BCUT2D eigenvalue weighted by Gasteiger charge is -2.20. The number of benzene rings is 1. The van der Waals surface area contributed by atoms with Crippen molar-refractivity contribution in [2.75, 3.05) is 19.8 Å². The normalized spacial score (nSPS) is 13.7. The Morgan fingerprint density at radius 3 is 2.71 bits per heavy atom. The molecule has 2 N–H and O–H groups in total. The fraction of sp³-hybridized carbons (Fsp3) is 0.571. The Bertz CT molecular complexity index is 352. The lowest BCUT2D eigenvalue weighted by atomic mass is 10.0. The summed E-state index contributed by atoms with van der Waals surface area (Å²) in [6, 6.07) is 6.16. The number of hydrogen-bond donors (Lipinski definition) is 1. The van der Waals surface area contributed by atoms with Gasteiger partial charge in [0.25, 0.3) is 0 Å². The minimum atomic E-state index is 0.660. The van der Waals surface area contributed by atoms with Crippen molar-refractivity contribution in [3.05, 3.63) is 23.8 Å². The highest BCUT2D eigenvalue weighted by Crippen LogP contribution is 2.34. The van der Waals surface area contributed by atoms with Gasteiger partial charge in [0.05, 0.1) is 0 Å². The van der Waals surface area contributed by atoms with Crippen LogP contribution in [-0.2, 0) is 6.42 Å². The molecule has 0 spiro atoms. The highest BCUT2D eigenvalue weighted by Gasteiger charge is 2.14.